The molecule has 0 saturated carbocycles. The van der Waals surface area contributed by atoms with Crippen LogP contribution in [0.1, 0.15) is 39.5 Å². The van der Waals surface area contributed by atoms with Crippen LogP contribution in [0.25, 0.3) is 0 Å². The van der Waals surface area contributed by atoms with Crippen molar-refractivity contribution in [3.05, 3.63) is 0 Å². The molecule has 0 bridgehead atoms. The van der Waals surface area contributed by atoms with Crippen molar-refractivity contribution in [2.75, 3.05) is 46.8 Å². The van der Waals surface area contributed by atoms with E-state index in [-0.39, 0.29) is 0 Å². The second-order valence-corrected chi connectivity index (χ2v) is 6.32. The molecule has 108 valence electrons. The van der Waals surface area contributed by atoms with Crippen LogP contribution >= 0.6 is 0 Å². The minimum absolute atomic E-state index is 0.770. The van der Waals surface area contributed by atoms with Crippen LogP contribution in [0.15, 0.2) is 0 Å². The molecule has 1 rings (SSSR count). The van der Waals surface area contributed by atoms with Crippen LogP contribution in [0.5, 0.6) is 0 Å². The molecule has 0 radical (unpaired) electrons. The van der Waals surface area contributed by atoms with Crippen molar-refractivity contribution in [1.29, 1.82) is 0 Å². The predicted octanol–water partition coefficient (Wildman–Crippen LogP) is 2.04. The number of nitrogens with zero attached hydrogens (tertiary/aromatic N) is 2. The lowest BCUT2D eigenvalue weighted by atomic mass is 10.0. The van der Waals surface area contributed by atoms with Gasteiger partial charge in [0.15, 0.2) is 0 Å². The molecular formula is C15H33N3. The molecule has 0 atom stereocenters. The fraction of sp³-hybridized carbons (Fsp3) is 1.00. The first kappa shape index (κ1) is 15.9. The number of nitrogens with one attached hydrogen (secondary N) is 1. The van der Waals surface area contributed by atoms with Crippen LogP contribution in [0.4, 0.5) is 0 Å². The summed E-state index contributed by atoms with van der Waals surface area (Å²) in [4.78, 5) is 5.02. The molecule has 0 aromatic rings. The Morgan fingerprint density at radius 1 is 1.22 bits per heavy atom. The van der Waals surface area contributed by atoms with Gasteiger partial charge in [0.2, 0.25) is 0 Å². The van der Waals surface area contributed by atoms with Crippen molar-refractivity contribution in [1.82, 2.24) is 15.1 Å². The molecule has 0 aliphatic carbocycles. The first-order valence-electron chi connectivity index (χ1n) is 7.69. The van der Waals surface area contributed by atoms with E-state index in [4.69, 9.17) is 0 Å². The van der Waals surface area contributed by atoms with E-state index in [2.05, 4.69) is 43.1 Å². The van der Waals surface area contributed by atoms with E-state index < -0.39 is 0 Å². The largest absolute Gasteiger partial charge is 0.316 e. The molecule has 0 spiro atoms. The van der Waals surface area contributed by atoms with Crippen molar-refractivity contribution in [3.8, 4) is 0 Å². The Hall–Kier alpha value is -0.120. The molecule has 0 aromatic carbocycles. The standard InChI is InChI=1S/C15H33N3/c1-14(2)13-16-9-5-6-10-18(4)15-7-11-17(3)12-8-15/h14-16H,5-13H2,1-4H3. The molecule has 0 amide bonds. The van der Waals surface area contributed by atoms with Crippen LogP contribution in [-0.2, 0) is 0 Å². The van der Waals surface area contributed by atoms with Gasteiger partial charge >= 0.3 is 0 Å². The molecule has 1 fully saturated rings. The Balaban J connectivity index is 1.98. The Kier molecular flexibility index (Phi) is 7.87. The zero-order valence-electron chi connectivity index (χ0n) is 12.9. The molecule has 3 heteroatoms. The van der Waals surface area contributed by atoms with Crippen LogP contribution in [0.2, 0.25) is 0 Å². The molecule has 0 aromatic heterocycles. The third-order valence-corrected chi connectivity index (χ3v) is 3.98. The Morgan fingerprint density at radius 2 is 1.89 bits per heavy atom. The lowest BCUT2D eigenvalue weighted by Gasteiger charge is -2.35. The summed E-state index contributed by atoms with van der Waals surface area (Å²) in [5.41, 5.74) is 0. The van der Waals surface area contributed by atoms with Gasteiger partial charge in [-0.15, -0.1) is 0 Å². The highest BCUT2D eigenvalue weighted by Crippen LogP contribution is 2.14. The minimum Gasteiger partial charge on any atom is -0.316 e. The topological polar surface area (TPSA) is 18.5 Å². The lowest BCUT2D eigenvalue weighted by molar-refractivity contribution is 0.143. The summed E-state index contributed by atoms with van der Waals surface area (Å²) in [5, 5.41) is 3.52. The number of unbranched alkanes of at least 4 members (excludes halogenated alkanes) is 1. The number of hydrogen-bond donors (Lipinski definition) is 1. The monoisotopic (exact) mass is 255 g/mol. The average molecular weight is 255 g/mol. The number of likely N-dealkylation sites (tertiary alicyclic amines) is 1. The molecule has 3 nitrogen and oxygen atoms in total. The predicted molar refractivity (Wildman–Crippen MR) is 80.1 cm³/mol. The van der Waals surface area contributed by atoms with Crippen LogP contribution in [0, 0.1) is 5.92 Å². The van der Waals surface area contributed by atoms with Gasteiger partial charge in [0.25, 0.3) is 0 Å². The van der Waals surface area contributed by atoms with Gasteiger partial charge in [0, 0.05) is 6.04 Å². The van der Waals surface area contributed by atoms with E-state index in [0.29, 0.717) is 0 Å². The molecule has 1 saturated heterocycles. The van der Waals surface area contributed by atoms with Gasteiger partial charge in [-0.3, -0.25) is 0 Å². The highest BCUT2D eigenvalue weighted by Gasteiger charge is 2.19. The zero-order valence-corrected chi connectivity index (χ0v) is 12.9. The summed E-state index contributed by atoms with van der Waals surface area (Å²) >= 11 is 0. The summed E-state index contributed by atoms with van der Waals surface area (Å²) in [6.07, 6.45) is 5.33. The second kappa shape index (κ2) is 8.89. The van der Waals surface area contributed by atoms with Gasteiger partial charge in [-0.2, -0.15) is 0 Å². The van der Waals surface area contributed by atoms with Gasteiger partial charge in [-0.25, -0.2) is 0 Å². The van der Waals surface area contributed by atoms with E-state index in [1.807, 2.05) is 0 Å². The van der Waals surface area contributed by atoms with Crippen LogP contribution in [0.3, 0.4) is 0 Å². The second-order valence-electron chi connectivity index (χ2n) is 6.32. The zero-order chi connectivity index (χ0) is 13.4. The summed E-state index contributed by atoms with van der Waals surface area (Å²) in [7, 11) is 4.54. The van der Waals surface area contributed by atoms with Crippen LogP contribution in [-0.4, -0.2) is 62.7 Å². The van der Waals surface area contributed by atoms with Crippen molar-refractivity contribution in [2.45, 2.75) is 45.6 Å². The van der Waals surface area contributed by atoms with Crippen molar-refractivity contribution >= 4 is 0 Å². The van der Waals surface area contributed by atoms with Crippen molar-refractivity contribution < 1.29 is 0 Å². The maximum Gasteiger partial charge on any atom is 0.0117 e. The van der Waals surface area contributed by atoms with E-state index in [1.165, 1.54) is 51.9 Å². The SMILES string of the molecule is CC(C)CNCCCCN(C)C1CCN(C)CC1. The number of piperidine rings is 1. The Labute approximate surface area is 114 Å². The van der Waals surface area contributed by atoms with Crippen molar-refractivity contribution in [2.24, 2.45) is 5.92 Å². The first-order chi connectivity index (χ1) is 8.59. The quantitative estimate of drug-likeness (QED) is 0.670. The van der Waals surface area contributed by atoms with E-state index in [9.17, 15) is 0 Å². The fourth-order valence-corrected chi connectivity index (χ4v) is 2.62. The lowest BCUT2D eigenvalue weighted by Crippen LogP contribution is -2.42. The Morgan fingerprint density at radius 3 is 2.50 bits per heavy atom. The Bertz CT molecular complexity index is 198. The molecule has 1 N–H and O–H groups in total. The average Bonchev–Trinajstić information content (AvgIpc) is 2.34. The highest BCUT2D eigenvalue weighted by atomic mass is 15.2. The van der Waals surface area contributed by atoms with Crippen molar-refractivity contribution in [3.63, 3.8) is 0 Å². The molecule has 0 unspecified atom stereocenters. The summed E-state index contributed by atoms with van der Waals surface area (Å²) in [6, 6.07) is 0.824. The maximum atomic E-state index is 3.52. The third-order valence-electron chi connectivity index (χ3n) is 3.98. The highest BCUT2D eigenvalue weighted by molar-refractivity contribution is 4.76. The summed E-state index contributed by atoms with van der Waals surface area (Å²) in [6.45, 7) is 10.7. The van der Waals surface area contributed by atoms with Gasteiger partial charge < -0.3 is 15.1 Å². The van der Waals surface area contributed by atoms with E-state index >= 15 is 0 Å². The molecular weight excluding hydrogens is 222 g/mol. The molecule has 1 heterocycles. The van der Waals surface area contributed by atoms with Gasteiger partial charge in [-0.1, -0.05) is 13.8 Å². The third kappa shape index (κ3) is 6.72. The summed E-state index contributed by atoms with van der Waals surface area (Å²) < 4.78 is 0. The summed E-state index contributed by atoms with van der Waals surface area (Å²) in [5.74, 6) is 0.770. The fourth-order valence-electron chi connectivity index (χ4n) is 2.62. The van der Waals surface area contributed by atoms with E-state index in [1.54, 1.807) is 0 Å². The maximum absolute atomic E-state index is 3.52. The first-order valence-corrected chi connectivity index (χ1v) is 7.69. The molecule has 18 heavy (non-hydrogen) atoms. The van der Waals surface area contributed by atoms with E-state index in [0.717, 1.165) is 18.5 Å². The van der Waals surface area contributed by atoms with Crippen LogP contribution < -0.4 is 5.32 Å². The minimum atomic E-state index is 0.770. The normalized spacial score (nSPS) is 19.0. The molecule has 1 aliphatic heterocycles. The molecule has 1 aliphatic rings. The van der Waals surface area contributed by atoms with Gasteiger partial charge in [-0.05, 0) is 78.4 Å². The van der Waals surface area contributed by atoms with Gasteiger partial charge in [0.1, 0.15) is 0 Å². The smallest absolute Gasteiger partial charge is 0.0117 e. The number of rotatable bonds is 8. The number of hydrogen-bond acceptors (Lipinski definition) is 3. The van der Waals surface area contributed by atoms with Gasteiger partial charge in [0.05, 0.1) is 0 Å².